The number of ether oxygens (including phenoxy) is 1. The van der Waals surface area contributed by atoms with Crippen LogP contribution < -0.4 is 11.1 Å². The van der Waals surface area contributed by atoms with E-state index in [4.69, 9.17) is 10.5 Å². The van der Waals surface area contributed by atoms with Crippen LogP contribution in [-0.4, -0.2) is 25.7 Å². The van der Waals surface area contributed by atoms with Crippen molar-refractivity contribution in [3.05, 3.63) is 28.5 Å². The Labute approximate surface area is 101 Å². The van der Waals surface area contributed by atoms with Gasteiger partial charge in [0.15, 0.2) is 0 Å². The number of hydrogen-bond acceptors (Lipinski definition) is 3. The summed E-state index contributed by atoms with van der Waals surface area (Å²) >= 11 is 3.12. The van der Waals surface area contributed by atoms with Crippen LogP contribution in [0.5, 0.6) is 0 Å². The summed E-state index contributed by atoms with van der Waals surface area (Å²) in [5.74, 6) is -0.906. The molecule has 4 nitrogen and oxygen atoms in total. The lowest BCUT2D eigenvalue weighted by Crippen LogP contribution is -2.21. The van der Waals surface area contributed by atoms with E-state index in [0.717, 1.165) is 0 Å². The van der Waals surface area contributed by atoms with Gasteiger partial charge in [0.1, 0.15) is 12.4 Å². The van der Waals surface area contributed by atoms with Gasteiger partial charge < -0.3 is 15.8 Å². The quantitative estimate of drug-likeness (QED) is 0.808. The predicted octanol–water partition coefficient (Wildman–Crippen LogP) is 1.50. The van der Waals surface area contributed by atoms with E-state index < -0.39 is 11.7 Å². The summed E-state index contributed by atoms with van der Waals surface area (Å²) in [5, 5.41) is 2.40. The summed E-state index contributed by atoms with van der Waals surface area (Å²) in [6.07, 6.45) is 0. The van der Waals surface area contributed by atoms with Gasteiger partial charge in [-0.2, -0.15) is 0 Å². The SMILES string of the molecule is NCCOCC(=O)Nc1ccc(Br)cc1F. The number of nitrogens with one attached hydrogen (secondary N) is 1. The maximum Gasteiger partial charge on any atom is 0.250 e. The van der Waals surface area contributed by atoms with Gasteiger partial charge in [0.05, 0.1) is 12.3 Å². The van der Waals surface area contributed by atoms with E-state index in [1.807, 2.05) is 0 Å². The topological polar surface area (TPSA) is 64.3 Å². The fourth-order valence-corrected chi connectivity index (χ4v) is 1.36. The Morgan fingerprint density at radius 1 is 1.56 bits per heavy atom. The van der Waals surface area contributed by atoms with Crippen LogP contribution in [0.15, 0.2) is 22.7 Å². The lowest BCUT2D eigenvalue weighted by molar-refractivity contribution is -0.120. The third kappa shape index (κ3) is 4.26. The molecule has 16 heavy (non-hydrogen) atoms. The Balaban J connectivity index is 2.49. The van der Waals surface area contributed by atoms with E-state index in [0.29, 0.717) is 17.6 Å². The summed E-state index contributed by atoms with van der Waals surface area (Å²) in [4.78, 5) is 11.3. The molecule has 0 saturated carbocycles. The standard InChI is InChI=1S/C10H12BrFN2O2/c11-7-1-2-9(8(12)5-7)14-10(15)6-16-4-3-13/h1-2,5H,3-4,6,13H2,(H,14,15). The van der Waals surface area contributed by atoms with Crippen LogP contribution in [0.25, 0.3) is 0 Å². The number of carbonyl (C=O) groups excluding carboxylic acids is 1. The van der Waals surface area contributed by atoms with Gasteiger partial charge in [-0.25, -0.2) is 4.39 Å². The van der Waals surface area contributed by atoms with Crippen molar-refractivity contribution in [3.8, 4) is 0 Å². The van der Waals surface area contributed by atoms with Crippen molar-refractivity contribution < 1.29 is 13.9 Å². The molecule has 6 heteroatoms. The minimum Gasteiger partial charge on any atom is -0.370 e. The smallest absolute Gasteiger partial charge is 0.250 e. The average Bonchev–Trinajstić information content (AvgIpc) is 2.23. The van der Waals surface area contributed by atoms with E-state index in [1.54, 1.807) is 6.07 Å². The van der Waals surface area contributed by atoms with Crippen LogP contribution in [0.1, 0.15) is 0 Å². The van der Waals surface area contributed by atoms with Crippen LogP contribution in [0, 0.1) is 5.82 Å². The van der Waals surface area contributed by atoms with Crippen LogP contribution >= 0.6 is 15.9 Å². The number of benzene rings is 1. The van der Waals surface area contributed by atoms with Gasteiger partial charge in [0.25, 0.3) is 0 Å². The molecule has 0 bridgehead atoms. The molecule has 0 heterocycles. The number of hydrogen-bond donors (Lipinski definition) is 2. The molecule has 0 aromatic heterocycles. The van der Waals surface area contributed by atoms with Gasteiger partial charge in [-0.15, -0.1) is 0 Å². The van der Waals surface area contributed by atoms with Crippen molar-refractivity contribution in [1.29, 1.82) is 0 Å². The van der Waals surface area contributed by atoms with Gasteiger partial charge in [0, 0.05) is 11.0 Å². The molecule has 0 radical (unpaired) electrons. The molecule has 0 aliphatic carbocycles. The molecule has 0 aliphatic heterocycles. The Kier molecular flexibility index (Phi) is 5.37. The van der Waals surface area contributed by atoms with Crippen molar-refractivity contribution in [2.45, 2.75) is 0 Å². The molecular formula is C10H12BrFN2O2. The van der Waals surface area contributed by atoms with Crippen LogP contribution in [0.4, 0.5) is 10.1 Å². The Morgan fingerprint density at radius 2 is 2.31 bits per heavy atom. The molecule has 0 atom stereocenters. The van der Waals surface area contributed by atoms with Gasteiger partial charge in [-0.1, -0.05) is 15.9 Å². The zero-order valence-electron chi connectivity index (χ0n) is 8.50. The second-order valence-corrected chi connectivity index (χ2v) is 3.93. The molecule has 88 valence electrons. The molecule has 1 aromatic rings. The number of carbonyl (C=O) groups is 1. The van der Waals surface area contributed by atoms with E-state index in [1.165, 1.54) is 12.1 Å². The van der Waals surface area contributed by atoms with E-state index >= 15 is 0 Å². The van der Waals surface area contributed by atoms with Gasteiger partial charge >= 0.3 is 0 Å². The van der Waals surface area contributed by atoms with E-state index in [-0.39, 0.29) is 12.3 Å². The lowest BCUT2D eigenvalue weighted by Gasteiger charge is -2.06. The van der Waals surface area contributed by atoms with Crippen molar-refractivity contribution in [1.82, 2.24) is 0 Å². The van der Waals surface area contributed by atoms with Crippen LogP contribution in [0.2, 0.25) is 0 Å². The lowest BCUT2D eigenvalue weighted by atomic mass is 10.3. The molecule has 0 aliphatic rings. The highest BCUT2D eigenvalue weighted by atomic mass is 79.9. The molecule has 1 rings (SSSR count). The Hall–Kier alpha value is -0.980. The fraction of sp³-hybridized carbons (Fsp3) is 0.300. The molecule has 0 unspecified atom stereocenters. The number of rotatable bonds is 5. The normalized spacial score (nSPS) is 10.2. The van der Waals surface area contributed by atoms with Gasteiger partial charge in [-0.3, -0.25) is 4.79 Å². The third-order valence-corrected chi connectivity index (χ3v) is 2.19. The van der Waals surface area contributed by atoms with Crippen molar-refractivity contribution in [2.75, 3.05) is 25.1 Å². The zero-order valence-corrected chi connectivity index (χ0v) is 10.1. The average molecular weight is 291 g/mol. The first-order chi connectivity index (χ1) is 7.63. The molecule has 1 aromatic carbocycles. The zero-order chi connectivity index (χ0) is 12.0. The third-order valence-electron chi connectivity index (χ3n) is 1.70. The van der Waals surface area contributed by atoms with Crippen molar-refractivity contribution in [2.24, 2.45) is 5.73 Å². The number of nitrogens with two attached hydrogens (primary N) is 1. The first-order valence-corrected chi connectivity index (χ1v) is 5.45. The monoisotopic (exact) mass is 290 g/mol. The van der Waals surface area contributed by atoms with Crippen LogP contribution in [0.3, 0.4) is 0 Å². The van der Waals surface area contributed by atoms with E-state index in [2.05, 4.69) is 21.2 Å². The van der Waals surface area contributed by atoms with Crippen LogP contribution in [-0.2, 0) is 9.53 Å². The van der Waals surface area contributed by atoms with Gasteiger partial charge in [0.2, 0.25) is 5.91 Å². The maximum atomic E-state index is 13.3. The first-order valence-electron chi connectivity index (χ1n) is 4.66. The van der Waals surface area contributed by atoms with E-state index in [9.17, 15) is 9.18 Å². The first kappa shape index (κ1) is 13.1. The summed E-state index contributed by atoms with van der Waals surface area (Å²) in [6.45, 7) is 0.517. The number of anilines is 1. The summed E-state index contributed by atoms with van der Waals surface area (Å²) in [5.41, 5.74) is 5.32. The maximum absolute atomic E-state index is 13.3. The van der Waals surface area contributed by atoms with Crippen molar-refractivity contribution >= 4 is 27.5 Å². The second-order valence-electron chi connectivity index (χ2n) is 3.01. The second kappa shape index (κ2) is 6.57. The summed E-state index contributed by atoms with van der Waals surface area (Å²) in [6, 6.07) is 4.38. The minimum absolute atomic E-state index is 0.129. The highest BCUT2D eigenvalue weighted by Gasteiger charge is 2.07. The molecule has 0 saturated heterocycles. The highest BCUT2D eigenvalue weighted by molar-refractivity contribution is 9.10. The number of amides is 1. The molecule has 3 N–H and O–H groups in total. The van der Waals surface area contributed by atoms with Crippen molar-refractivity contribution in [3.63, 3.8) is 0 Å². The van der Waals surface area contributed by atoms with Gasteiger partial charge in [-0.05, 0) is 18.2 Å². The molecule has 0 spiro atoms. The molecule has 0 fully saturated rings. The largest absolute Gasteiger partial charge is 0.370 e. The Morgan fingerprint density at radius 3 is 2.94 bits per heavy atom. The number of halogens is 2. The summed E-state index contributed by atoms with van der Waals surface area (Å²) in [7, 11) is 0. The predicted molar refractivity (Wildman–Crippen MR) is 62.6 cm³/mol. The summed E-state index contributed by atoms with van der Waals surface area (Å²) < 4.78 is 18.8. The highest BCUT2D eigenvalue weighted by Crippen LogP contribution is 2.19. The minimum atomic E-state index is -0.499. The fourth-order valence-electron chi connectivity index (χ4n) is 1.03. The Bertz CT molecular complexity index is 374. The molecular weight excluding hydrogens is 279 g/mol. The molecule has 1 amide bonds.